The Hall–Kier alpha value is -1.03. The van der Waals surface area contributed by atoms with Crippen LogP contribution in [-0.2, 0) is 19.9 Å². The minimum atomic E-state index is -3.67. The van der Waals surface area contributed by atoms with E-state index in [2.05, 4.69) is 0 Å². The summed E-state index contributed by atoms with van der Waals surface area (Å²) in [7, 11) is -6.79. The van der Waals surface area contributed by atoms with E-state index in [4.69, 9.17) is 18.0 Å². The van der Waals surface area contributed by atoms with E-state index >= 15 is 0 Å². The molecule has 0 amide bonds. The first-order valence-corrected chi connectivity index (χ1v) is 9.50. The van der Waals surface area contributed by atoms with Crippen molar-refractivity contribution >= 4 is 37.1 Å². The molecule has 0 radical (unpaired) electrons. The summed E-state index contributed by atoms with van der Waals surface area (Å²) in [6.07, 6.45) is 0. The monoisotopic (exact) mass is 334 g/mol. The molecule has 1 fully saturated rings. The topological polar surface area (TPSA) is 97.5 Å². The van der Waals surface area contributed by atoms with E-state index < -0.39 is 19.9 Å². The van der Waals surface area contributed by atoms with E-state index in [0.29, 0.717) is 5.56 Å². The Morgan fingerprint density at radius 3 is 2.10 bits per heavy atom. The van der Waals surface area contributed by atoms with Gasteiger partial charge in [0.1, 0.15) is 4.99 Å². The van der Waals surface area contributed by atoms with Crippen LogP contribution in [0.3, 0.4) is 0 Å². The van der Waals surface area contributed by atoms with Crippen LogP contribution in [0, 0.1) is 0 Å². The number of sulfonamides is 1. The van der Waals surface area contributed by atoms with Crippen LogP contribution in [-0.4, -0.2) is 50.7 Å². The van der Waals surface area contributed by atoms with Crippen LogP contribution in [0.15, 0.2) is 29.2 Å². The predicted molar refractivity (Wildman–Crippen MR) is 79.7 cm³/mol. The Kier molecular flexibility index (Phi) is 4.14. The molecule has 9 heteroatoms. The highest BCUT2D eigenvalue weighted by Crippen LogP contribution is 2.18. The van der Waals surface area contributed by atoms with Gasteiger partial charge in [0.15, 0.2) is 9.84 Å². The number of hydrogen-bond donors (Lipinski definition) is 1. The normalized spacial score (nSPS) is 19.6. The van der Waals surface area contributed by atoms with E-state index in [-0.39, 0.29) is 34.5 Å². The molecule has 1 heterocycles. The largest absolute Gasteiger partial charge is 0.389 e. The fraction of sp³-hybridized carbons (Fsp3) is 0.364. The van der Waals surface area contributed by atoms with Gasteiger partial charge in [0.05, 0.1) is 16.4 Å². The standard InChI is InChI=1S/C11H14N2O4S3/c12-11(18)9-1-3-10(4-2-9)20(16,17)13-5-7-19(14,15)8-6-13/h1-4H,5-8H2,(H2,12,18). The average molecular weight is 334 g/mol. The van der Waals surface area contributed by atoms with E-state index in [0.717, 1.165) is 0 Å². The molecule has 0 bridgehead atoms. The molecule has 0 atom stereocenters. The lowest BCUT2D eigenvalue weighted by atomic mass is 10.2. The van der Waals surface area contributed by atoms with Gasteiger partial charge in [-0.15, -0.1) is 0 Å². The van der Waals surface area contributed by atoms with Crippen molar-refractivity contribution in [3.8, 4) is 0 Å². The number of nitrogens with zero attached hydrogens (tertiary/aromatic N) is 1. The second kappa shape index (κ2) is 5.40. The van der Waals surface area contributed by atoms with Gasteiger partial charge in [-0.3, -0.25) is 0 Å². The second-order valence-corrected chi connectivity index (χ2v) is 9.13. The van der Waals surface area contributed by atoms with Gasteiger partial charge in [0.2, 0.25) is 10.0 Å². The summed E-state index contributed by atoms with van der Waals surface area (Å²) in [5, 5.41) is 0. The van der Waals surface area contributed by atoms with Crippen molar-refractivity contribution in [3.05, 3.63) is 29.8 Å². The van der Waals surface area contributed by atoms with Crippen molar-refractivity contribution in [2.45, 2.75) is 4.90 Å². The van der Waals surface area contributed by atoms with Crippen molar-refractivity contribution in [1.29, 1.82) is 0 Å². The molecule has 0 unspecified atom stereocenters. The Morgan fingerprint density at radius 1 is 1.15 bits per heavy atom. The van der Waals surface area contributed by atoms with E-state index in [1.807, 2.05) is 0 Å². The molecule has 1 saturated heterocycles. The van der Waals surface area contributed by atoms with Crippen LogP contribution in [0.2, 0.25) is 0 Å². The van der Waals surface area contributed by atoms with Crippen LogP contribution in [0.4, 0.5) is 0 Å². The van der Waals surface area contributed by atoms with Crippen molar-refractivity contribution in [2.24, 2.45) is 5.73 Å². The number of rotatable bonds is 3. The summed E-state index contributed by atoms with van der Waals surface area (Å²) in [4.78, 5) is 0.301. The van der Waals surface area contributed by atoms with Gasteiger partial charge in [0.25, 0.3) is 0 Å². The summed E-state index contributed by atoms with van der Waals surface area (Å²) in [5.74, 6) is -0.283. The maximum Gasteiger partial charge on any atom is 0.243 e. The molecule has 1 aliphatic rings. The molecule has 1 aromatic rings. The third-order valence-electron chi connectivity index (χ3n) is 3.08. The predicted octanol–water partition coefficient (Wildman–Crippen LogP) is -0.260. The van der Waals surface area contributed by atoms with E-state index in [9.17, 15) is 16.8 Å². The smallest absolute Gasteiger partial charge is 0.243 e. The summed E-state index contributed by atoms with van der Waals surface area (Å²) in [6.45, 7) is -0.0244. The molecule has 0 aliphatic carbocycles. The van der Waals surface area contributed by atoms with E-state index in [1.54, 1.807) is 0 Å². The first-order chi connectivity index (χ1) is 9.22. The van der Waals surface area contributed by atoms with Gasteiger partial charge in [-0.1, -0.05) is 24.4 Å². The van der Waals surface area contributed by atoms with Crippen LogP contribution in [0.1, 0.15) is 5.56 Å². The maximum atomic E-state index is 12.3. The first-order valence-electron chi connectivity index (χ1n) is 5.83. The van der Waals surface area contributed by atoms with Crippen molar-refractivity contribution < 1.29 is 16.8 Å². The molecular weight excluding hydrogens is 320 g/mol. The zero-order chi connectivity index (χ0) is 15.0. The molecule has 110 valence electrons. The number of nitrogens with two attached hydrogens (primary N) is 1. The van der Waals surface area contributed by atoms with Gasteiger partial charge >= 0.3 is 0 Å². The minimum Gasteiger partial charge on any atom is -0.389 e. The van der Waals surface area contributed by atoms with Crippen molar-refractivity contribution in [1.82, 2.24) is 4.31 Å². The zero-order valence-corrected chi connectivity index (χ0v) is 13.0. The molecular formula is C11H14N2O4S3. The number of thiocarbonyl (C=S) groups is 1. The van der Waals surface area contributed by atoms with Crippen LogP contribution >= 0.6 is 12.2 Å². The Balaban J connectivity index is 2.25. The van der Waals surface area contributed by atoms with Crippen molar-refractivity contribution in [2.75, 3.05) is 24.6 Å². The molecule has 1 aromatic carbocycles. The Labute approximate surface area is 123 Å². The second-order valence-electron chi connectivity index (χ2n) is 4.44. The van der Waals surface area contributed by atoms with Gasteiger partial charge < -0.3 is 5.73 Å². The highest BCUT2D eigenvalue weighted by Gasteiger charge is 2.31. The fourth-order valence-electron chi connectivity index (χ4n) is 1.88. The summed E-state index contributed by atoms with van der Waals surface area (Å²) in [5.41, 5.74) is 6.03. The average Bonchev–Trinajstić information content (AvgIpc) is 2.38. The molecule has 20 heavy (non-hydrogen) atoms. The van der Waals surface area contributed by atoms with Crippen LogP contribution < -0.4 is 5.73 Å². The molecule has 2 rings (SSSR count). The van der Waals surface area contributed by atoms with Gasteiger partial charge in [-0.2, -0.15) is 4.31 Å². The van der Waals surface area contributed by atoms with Crippen molar-refractivity contribution in [3.63, 3.8) is 0 Å². The molecule has 0 saturated carbocycles. The Bertz CT molecular complexity index is 709. The highest BCUT2D eigenvalue weighted by atomic mass is 32.2. The molecule has 0 aromatic heterocycles. The van der Waals surface area contributed by atoms with Gasteiger partial charge in [-0.25, -0.2) is 16.8 Å². The summed E-state index contributed by atoms with van der Waals surface area (Å²) >= 11 is 4.80. The molecule has 6 nitrogen and oxygen atoms in total. The van der Waals surface area contributed by atoms with Crippen LogP contribution in [0.25, 0.3) is 0 Å². The zero-order valence-electron chi connectivity index (χ0n) is 10.5. The van der Waals surface area contributed by atoms with Gasteiger partial charge in [0, 0.05) is 18.7 Å². The first kappa shape index (κ1) is 15.4. The SMILES string of the molecule is NC(=S)c1ccc(S(=O)(=O)N2CCS(=O)(=O)CC2)cc1. The quantitative estimate of drug-likeness (QED) is 0.765. The third kappa shape index (κ3) is 3.17. The number of benzene rings is 1. The maximum absolute atomic E-state index is 12.3. The summed E-state index contributed by atoms with van der Waals surface area (Å²) in [6, 6.07) is 5.92. The molecule has 1 aliphatic heterocycles. The highest BCUT2D eigenvalue weighted by molar-refractivity contribution is 7.92. The van der Waals surface area contributed by atoms with E-state index in [1.165, 1.54) is 28.6 Å². The lowest BCUT2D eigenvalue weighted by Crippen LogP contribution is -2.43. The lowest BCUT2D eigenvalue weighted by molar-refractivity contribution is 0.431. The summed E-state index contributed by atoms with van der Waals surface area (Å²) < 4.78 is 48.5. The minimum absolute atomic E-state index is 0.0122. The van der Waals surface area contributed by atoms with Gasteiger partial charge in [-0.05, 0) is 12.1 Å². The lowest BCUT2D eigenvalue weighted by Gasteiger charge is -2.25. The molecule has 2 N–H and O–H groups in total. The number of hydrogen-bond acceptors (Lipinski definition) is 5. The Morgan fingerprint density at radius 2 is 1.65 bits per heavy atom. The molecule has 0 spiro atoms. The van der Waals surface area contributed by atoms with Crippen LogP contribution in [0.5, 0.6) is 0 Å². The third-order valence-corrected chi connectivity index (χ3v) is 6.84. The number of sulfone groups is 1. The fourth-order valence-corrected chi connectivity index (χ4v) is 4.89.